The van der Waals surface area contributed by atoms with Crippen molar-refractivity contribution in [3.05, 3.63) is 82.0 Å². The van der Waals surface area contributed by atoms with Crippen LogP contribution in [-0.2, 0) is 4.79 Å². The Morgan fingerprint density at radius 1 is 1.03 bits per heavy atom. The first kappa shape index (κ1) is 19.4. The largest absolute Gasteiger partial charge is 0.305 e. The number of rotatable bonds is 3. The molecule has 2 heterocycles. The van der Waals surface area contributed by atoms with Crippen LogP contribution in [0.4, 0.5) is 11.4 Å². The zero-order chi connectivity index (χ0) is 20.5. The summed E-state index contributed by atoms with van der Waals surface area (Å²) in [6.07, 6.45) is 0.682. The number of hydrogen-bond donors (Lipinski definition) is 0. The molecule has 0 saturated heterocycles. The Hall–Kier alpha value is -2.92. The number of anilines is 2. The van der Waals surface area contributed by atoms with Crippen LogP contribution in [-0.4, -0.2) is 17.9 Å². The second-order valence-electron chi connectivity index (χ2n) is 7.49. The van der Waals surface area contributed by atoms with Gasteiger partial charge in [0.15, 0.2) is 0 Å². The molecule has 0 bridgehead atoms. The van der Waals surface area contributed by atoms with Crippen LogP contribution < -0.4 is 9.80 Å². The smallest absolute Gasteiger partial charge is 0.268 e. The maximum Gasteiger partial charge on any atom is 0.268 e. The molecule has 0 spiro atoms. The first-order valence-corrected chi connectivity index (χ1v) is 10.7. The fourth-order valence-electron chi connectivity index (χ4n) is 4.21. The molecule has 2 aromatic carbocycles. The highest BCUT2D eigenvalue weighted by Crippen LogP contribution is 2.43. The molecular formula is C24H24N2O2S. The number of hydrogen-bond acceptors (Lipinski definition) is 3. The minimum Gasteiger partial charge on any atom is -0.305 e. The van der Waals surface area contributed by atoms with E-state index in [9.17, 15) is 9.59 Å². The van der Waals surface area contributed by atoms with E-state index in [0.717, 1.165) is 27.4 Å². The van der Waals surface area contributed by atoms with Gasteiger partial charge in [0.25, 0.3) is 5.91 Å². The highest BCUT2D eigenvalue weighted by atomic mass is 32.1. The minimum absolute atomic E-state index is 0.00270. The predicted octanol–water partition coefficient (Wildman–Crippen LogP) is 5.59. The molecule has 4 nitrogen and oxygen atoms in total. The number of carbonyl (C=O) groups is 2. The van der Waals surface area contributed by atoms with E-state index < -0.39 is 0 Å². The maximum absolute atomic E-state index is 13.4. The van der Waals surface area contributed by atoms with Gasteiger partial charge in [0.2, 0.25) is 5.91 Å². The monoisotopic (exact) mass is 404 g/mol. The molecule has 4 rings (SSSR count). The van der Waals surface area contributed by atoms with Crippen LogP contribution in [0.25, 0.3) is 0 Å². The highest BCUT2D eigenvalue weighted by molar-refractivity contribution is 7.12. The number of amides is 2. The van der Waals surface area contributed by atoms with Gasteiger partial charge in [-0.1, -0.05) is 36.4 Å². The van der Waals surface area contributed by atoms with Gasteiger partial charge in [0, 0.05) is 24.3 Å². The lowest BCUT2D eigenvalue weighted by molar-refractivity contribution is -0.117. The van der Waals surface area contributed by atoms with Gasteiger partial charge in [0.05, 0.1) is 10.9 Å². The van der Waals surface area contributed by atoms with Crippen molar-refractivity contribution in [1.29, 1.82) is 0 Å². The Kier molecular flexibility index (Phi) is 5.24. The predicted molar refractivity (Wildman–Crippen MR) is 119 cm³/mol. The van der Waals surface area contributed by atoms with Crippen molar-refractivity contribution in [3.63, 3.8) is 0 Å². The summed E-state index contributed by atoms with van der Waals surface area (Å²) < 4.78 is 0. The van der Waals surface area contributed by atoms with E-state index >= 15 is 0 Å². The lowest BCUT2D eigenvalue weighted by Crippen LogP contribution is -2.47. The third kappa shape index (κ3) is 3.47. The zero-order valence-electron chi connectivity index (χ0n) is 16.8. The molecule has 0 N–H and O–H groups in total. The lowest BCUT2D eigenvalue weighted by atomic mass is 9.89. The Morgan fingerprint density at radius 2 is 1.72 bits per heavy atom. The van der Waals surface area contributed by atoms with Crippen LogP contribution in [0.5, 0.6) is 0 Å². The van der Waals surface area contributed by atoms with Gasteiger partial charge >= 0.3 is 0 Å². The summed E-state index contributed by atoms with van der Waals surface area (Å²) >= 11 is 1.48. The Morgan fingerprint density at radius 3 is 2.38 bits per heavy atom. The number of thiophene rings is 1. The van der Waals surface area contributed by atoms with Gasteiger partial charge < -0.3 is 9.80 Å². The summed E-state index contributed by atoms with van der Waals surface area (Å²) in [6, 6.07) is 19.5. The van der Waals surface area contributed by atoms with Gasteiger partial charge in [-0.15, -0.1) is 11.3 Å². The van der Waals surface area contributed by atoms with Crippen LogP contribution in [0.15, 0.2) is 66.0 Å². The van der Waals surface area contributed by atoms with Crippen molar-refractivity contribution in [1.82, 2.24) is 0 Å². The third-order valence-electron chi connectivity index (χ3n) is 5.52. The number of nitrogens with zero attached hydrogens (tertiary/aromatic N) is 2. The number of aryl methyl sites for hydroxylation is 1. The molecule has 3 aromatic rings. The number of carbonyl (C=O) groups excluding carboxylic acids is 2. The van der Waals surface area contributed by atoms with Gasteiger partial charge in [-0.3, -0.25) is 9.59 Å². The SMILES string of the molecule is CC(=O)N(c1ccccc1)[C@H]1C[C@@H](C)N(C(=O)c2sccc2C)c2ccccc21. The van der Waals surface area contributed by atoms with Crippen molar-refractivity contribution in [2.75, 3.05) is 9.80 Å². The van der Waals surface area contributed by atoms with Crippen LogP contribution >= 0.6 is 11.3 Å². The zero-order valence-corrected chi connectivity index (χ0v) is 17.6. The third-order valence-corrected chi connectivity index (χ3v) is 6.53. The van der Waals surface area contributed by atoms with E-state index in [1.807, 2.05) is 82.8 Å². The molecule has 1 aliphatic rings. The molecule has 1 aliphatic heterocycles. The molecule has 1 aromatic heterocycles. The highest BCUT2D eigenvalue weighted by Gasteiger charge is 2.38. The fraction of sp³-hybridized carbons (Fsp3) is 0.250. The molecule has 0 saturated carbocycles. The van der Waals surface area contributed by atoms with Gasteiger partial charge in [-0.05, 0) is 61.0 Å². The van der Waals surface area contributed by atoms with E-state index in [2.05, 4.69) is 6.92 Å². The summed E-state index contributed by atoms with van der Waals surface area (Å²) in [5.74, 6) is 0.0297. The molecular weight excluding hydrogens is 380 g/mol. The Bertz CT molecular complexity index is 1040. The average molecular weight is 405 g/mol. The van der Waals surface area contributed by atoms with Gasteiger partial charge in [-0.25, -0.2) is 0 Å². The molecule has 0 aliphatic carbocycles. The van der Waals surface area contributed by atoms with Gasteiger partial charge in [-0.2, -0.15) is 0 Å². The van der Waals surface area contributed by atoms with Crippen LogP contribution in [0.2, 0.25) is 0 Å². The van der Waals surface area contributed by atoms with E-state index in [1.54, 1.807) is 6.92 Å². The van der Waals surface area contributed by atoms with Crippen LogP contribution in [0.1, 0.15) is 47.1 Å². The molecule has 5 heteroatoms. The average Bonchev–Trinajstić information content (AvgIpc) is 3.14. The topological polar surface area (TPSA) is 40.6 Å². The molecule has 2 amide bonds. The standard InChI is InChI=1S/C24H24N2O2S/c1-16-13-14-29-23(16)24(28)25-17(2)15-22(20-11-7-8-12-21(20)25)26(18(3)27)19-9-5-4-6-10-19/h4-14,17,22H,15H2,1-3H3/t17-,22+/m1/s1. The summed E-state index contributed by atoms with van der Waals surface area (Å²) in [5, 5.41) is 1.96. The Balaban J connectivity index is 1.80. The van der Waals surface area contributed by atoms with Crippen molar-refractivity contribution >= 4 is 34.5 Å². The fourth-order valence-corrected chi connectivity index (χ4v) is 5.07. The molecule has 148 valence electrons. The van der Waals surface area contributed by atoms with Gasteiger partial charge in [0.1, 0.15) is 0 Å². The van der Waals surface area contributed by atoms with Crippen LogP contribution in [0, 0.1) is 6.92 Å². The van der Waals surface area contributed by atoms with E-state index in [-0.39, 0.29) is 23.9 Å². The van der Waals surface area contributed by atoms with E-state index in [0.29, 0.717) is 6.42 Å². The first-order chi connectivity index (χ1) is 14.0. The molecule has 0 radical (unpaired) electrons. The molecule has 0 unspecified atom stereocenters. The number of para-hydroxylation sites is 2. The maximum atomic E-state index is 13.4. The van der Waals surface area contributed by atoms with Crippen molar-refractivity contribution in [2.45, 2.75) is 39.3 Å². The minimum atomic E-state index is -0.116. The lowest BCUT2D eigenvalue weighted by Gasteiger charge is -2.43. The molecule has 29 heavy (non-hydrogen) atoms. The second-order valence-corrected chi connectivity index (χ2v) is 8.41. The quantitative estimate of drug-likeness (QED) is 0.571. The van der Waals surface area contributed by atoms with Crippen molar-refractivity contribution in [2.24, 2.45) is 0 Å². The summed E-state index contributed by atoms with van der Waals surface area (Å²) in [6.45, 7) is 5.64. The summed E-state index contributed by atoms with van der Waals surface area (Å²) in [4.78, 5) is 30.6. The molecule has 0 fully saturated rings. The normalized spacial score (nSPS) is 18.2. The van der Waals surface area contributed by atoms with E-state index in [4.69, 9.17) is 0 Å². The van der Waals surface area contributed by atoms with Crippen LogP contribution in [0.3, 0.4) is 0 Å². The second kappa shape index (κ2) is 7.84. The van der Waals surface area contributed by atoms with E-state index in [1.165, 1.54) is 11.3 Å². The summed E-state index contributed by atoms with van der Waals surface area (Å²) in [7, 11) is 0. The number of fused-ring (bicyclic) bond motifs is 1. The Labute approximate surface area is 175 Å². The number of benzene rings is 2. The molecule has 2 atom stereocenters. The first-order valence-electron chi connectivity index (χ1n) is 9.80. The van der Waals surface area contributed by atoms with Crippen molar-refractivity contribution < 1.29 is 9.59 Å². The van der Waals surface area contributed by atoms with Crippen molar-refractivity contribution in [3.8, 4) is 0 Å². The summed E-state index contributed by atoms with van der Waals surface area (Å²) in [5.41, 5.74) is 3.77.